The third kappa shape index (κ3) is 8.15. The van der Waals surface area contributed by atoms with Crippen molar-refractivity contribution in [3.05, 3.63) is 17.0 Å². The highest BCUT2D eigenvalue weighted by Gasteiger charge is 2.17. The van der Waals surface area contributed by atoms with E-state index in [0.29, 0.717) is 9.88 Å². The Kier molecular flexibility index (Phi) is 7.37. The van der Waals surface area contributed by atoms with Gasteiger partial charge in [0.05, 0.1) is 16.5 Å². The van der Waals surface area contributed by atoms with E-state index in [4.69, 9.17) is 15.2 Å². The quantitative estimate of drug-likeness (QED) is 0.413. The fourth-order valence-electron chi connectivity index (χ4n) is 1.50. The Labute approximate surface area is 149 Å². The Morgan fingerprint density at radius 3 is 2.56 bits per heavy atom. The van der Waals surface area contributed by atoms with Crippen LogP contribution in [-0.4, -0.2) is 42.7 Å². The number of amidine groups is 1. The number of thiophene rings is 1. The zero-order chi connectivity index (χ0) is 19.0. The molecule has 0 saturated heterocycles. The summed E-state index contributed by atoms with van der Waals surface area (Å²) in [6.07, 6.45) is -0.792. The molecule has 1 rings (SSSR count). The van der Waals surface area contributed by atoms with Crippen LogP contribution in [0.3, 0.4) is 0 Å². The van der Waals surface area contributed by atoms with Gasteiger partial charge >= 0.3 is 18.1 Å². The van der Waals surface area contributed by atoms with Gasteiger partial charge in [0.2, 0.25) is 0 Å². The molecule has 9 nitrogen and oxygen atoms in total. The van der Waals surface area contributed by atoms with Crippen LogP contribution in [0.4, 0.5) is 14.6 Å². The summed E-state index contributed by atoms with van der Waals surface area (Å²) in [6, 6.07) is 2.64. The third-order valence-electron chi connectivity index (χ3n) is 2.40. The fourth-order valence-corrected chi connectivity index (χ4v) is 2.30. The molecule has 0 aliphatic carbocycles. The SMILES string of the molecule is CCOC(=O)CNC(=O)Nc1ccc(C(N)=NC(=O)OC(C)(C)C)s1. The molecular formula is C15H22N4O5S. The highest BCUT2D eigenvalue weighted by Crippen LogP contribution is 2.21. The molecule has 10 heteroatoms. The second-order valence-corrected chi connectivity index (χ2v) is 6.84. The Hall–Kier alpha value is -2.62. The van der Waals surface area contributed by atoms with Crippen molar-refractivity contribution >= 4 is 40.3 Å². The first-order valence-electron chi connectivity index (χ1n) is 7.48. The monoisotopic (exact) mass is 370 g/mol. The van der Waals surface area contributed by atoms with Crippen molar-refractivity contribution in [1.82, 2.24) is 5.32 Å². The number of nitrogens with two attached hydrogens (primary N) is 1. The molecule has 1 aromatic rings. The van der Waals surface area contributed by atoms with Crippen LogP contribution in [0.5, 0.6) is 0 Å². The molecular weight excluding hydrogens is 348 g/mol. The van der Waals surface area contributed by atoms with Gasteiger partial charge in [-0.2, -0.15) is 4.99 Å². The average Bonchev–Trinajstić information content (AvgIpc) is 2.92. The first-order valence-corrected chi connectivity index (χ1v) is 8.30. The number of carbonyl (C=O) groups excluding carboxylic acids is 3. The molecule has 138 valence electrons. The van der Waals surface area contributed by atoms with E-state index in [-0.39, 0.29) is 19.0 Å². The normalized spacial score (nSPS) is 11.6. The summed E-state index contributed by atoms with van der Waals surface area (Å²) in [5.74, 6) is -0.544. The van der Waals surface area contributed by atoms with Gasteiger partial charge in [0.1, 0.15) is 18.0 Å². The highest BCUT2D eigenvalue weighted by molar-refractivity contribution is 7.18. The fraction of sp³-hybridized carbons (Fsp3) is 0.467. The van der Waals surface area contributed by atoms with Crippen LogP contribution in [0.2, 0.25) is 0 Å². The van der Waals surface area contributed by atoms with Crippen molar-refractivity contribution in [2.45, 2.75) is 33.3 Å². The maximum Gasteiger partial charge on any atom is 0.436 e. The lowest BCUT2D eigenvalue weighted by molar-refractivity contribution is -0.141. The van der Waals surface area contributed by atoms with Gasteiger partial charge in [-0.1, -0.05) is 0 Å². The topological polar surface area (TPSA) is 132 Å². The predicted octanol–water partition coefficient (Wildman–Crippen LogP) is 2.07. The van der Waals surface area contributed by atoms with E-state index in [0.717, 1.165) is 11.3 Å². The first kappa shape index (κ1) is 20.4. The molecule has 0 aromatic carbocycles. The number of urea groups is 1. The minimum absolute atomic E-state index is 0.0146. The number of nitrogens with zero attached hydrogens (tertiary/aromatic N) is 1. The van der Waals surface area contributed by atoms with E-state index in [1.807, 2.05) is 0 Å². The lowest BCUT2D eigenvalue weighted by atomic mass is 10.2. The molecule has 0 spiro atoms. The van der Waals surface area contributed by atoms with Crippen LogP contribution in [-0.2, 0) is 14.3 Å². The smallest absolute Gasteiger partial charge is 0.436 e. The summed E-state index contributed by atoms with van der Waals surface area (Å²) >= 11 is 1.12. The number of carbonyl (C=O) groups is 3. The summed E-state index contributed by atoms with van der Waals surface area (Å²) in [5, 5.41) is 5.37. The van der Waals surface area contributed by atoms with Crippen LogP contribution in [0.25, 0.3) is 0 Å². The largest absolute Gasteiger partial charge is 0.465 e. The Morgan fingerprint density at radius 1 is 1.28 bits per heavy atom. The summed E-state index contributed by atoms with van der Waals surface area (Å²) in [6.45, 7) is 6.84. The standard InChI is InChI=1S/C15H22N4O5S/c1-5-23-11(20)8-17-13(21)18-10-7-6-9(25-10)12(16)19-14(22)24-15(2,3)4/h6-7H,5,8H2,1-4H3,(H2,16,19,22)(H2,17,18,21). The van der Waals surface area contributed by atoms with Crippen molar-refractivity contribution in [3.63, 3.8) is 0 Å². The maximum absolute atomic E-state index is 11.7. The average molecular weight is 370 g/mol. The minimum atomic E-state index is -0.792. The maximum atomic E-state index is 11.7. The van der Waals surface area contributed by atoms with Crippen molar-refractivity contribution in [1.29, 1.82) is 0 Å². The zero-order valence-corrected chi connectivity index (χ0v) is 15.4. The van der Waals surface area contributed by atoms with Crippen LogP contribution in [0.15, 0.2) is 17.1 Å². The second kappa shape index (κ2) is 9.02. The van der Waals surface area contributed by atoms with Crippen LogP contribution < -0.4 is 16.4 Å². The Balaban J connectivity index is 2.59. The van der Waals surface area contributed by atoms with E-state index in [2.05, 4.69) is 15.6 Å². The molecule has 25 heavy (non-hydrogen) atoms. The number of amides is 3. The summed E-state index contributed by atoms with van der Waals surface area (Å²) in [7, 11) is 0. The molecule has 0 atom stereocenters. The first-order chi connectivity index (χ1) is 11.6. The Bertz CT molecular complexity index is 663. The summed E-state index contributed by atoms with van der Waals surface area (Å²) in [5.41, 5.74) is 5.09. The molecule has 0 aliphatic rings. The minimum Gasteiger partial charge on any atom is -0.465 e. The van der Waals surface area contributed by atoms with Gasteiger partial charge < -0.3 is 20.5 Å². The van der Waals surface area contributed by atoms with Gasteiger partial charge in [-0.15, -0.1) is 11.3 Å². The van der Waals surface area contributed by atoms with E-state index >= 15 is 0 Å². The number of aliphatic imine (C=N–C) groups is 1. The van der Waals surface area contributed by atoms with Gasteiger partial charge in [-0.25, -0.2) is 9.59 Å². The van der Waals surface area contributed by atoms with Gasteiger partial charge in [-0.3, -0.25) is 10.1 Å². The number of esters is 1. The predicted molar refractivity (Wildman–Crippen MR) is 94.9 cm³/mol. The molecule has 0 radical (unpaired) electrons. The molecule has 0 fully saturated rings. The van der Waals surface area contributed by atoms with Crippen molar-refractivity contribution in [2.75, 3.05) is 18.5 Å². The number of hydrogen-bond acceptors (Lipinski definition) is 6. The van der Waals surface area contributed by atoms with E-state index < -0.39 is 23.7 Å². The highest BCUT2D eigenvalue weighted by atomic mass is 32.1. The number of ether oxygens (including phenoxy) is 2. The molecule has 0 saturated carbocycles. The van der Waals surface area contributed by atoms with Crippen molar-refractivity contribution in [3.8, 4) is 0 Å². The van der Waals surface area contributed by atoms with Gasteiger partial charge in [0.15, 0.2) is 0 Å². The van der Waals surface area contributed by atoms with E-state index in [1.54, 1.807) is 39.8 Å². The van der Waals surface area contributed by atoms with Crippen LogP contribution >= 0.6 is 11.3 Å². The molecule has 4 N–H and O–H groups in total. The van der Waals surface area contributed by atoms with Crippen molar-refractivity contribution < 1.29 is 23.9 Å². The van der Waals surface area contributed by atoms with E-state index in [1.165, 1.54) is 0 Å². The Morgan fingerprint density at radius 2 is 1.96 bits per heavy atom. The van der Waals surface area contributed by atoms with Crippen molar-refractivity contribution in [2.24, 2.45) is 10.7 Å². The zero-order valence-electron chi connectivity index (χ0n) is 14.5. The molecule has 0 unspecified atom stereocenters. The van der Waals surface area contributed by atoms with Gasteiger partial charge in [0.25, 0.3) is 0 Å². The molecule has 1 aromatic heterocycles. The number of nitrogens with one attached hydrogen (secondary N) is 2. The number of rotatable bonds is 5. The van der Waals surface area contributed by atoms with Gasteiger partial charge in [-0.05, 0) is 39.8 Å². The number of hydrogen-bond donors (Lipinski definition) is 3. The second-order valence-electron chi connectivity index (χ2n) is 5.75. The summed E-state index contributed by atoms with van der Waals surface area (Å²) < 4.78 is 9.74. The molecule has 3 amide bonds. The molecule has 0 bridgehead atoms. The van der Waals surface area contributed by atoms with Crippen LogP contribution in [0, 0.1) is 0 Å². The van der Waals surface area contributed by atoms with Crippen LogP contribution in [0.1, 0.15) is 32.6 Å². The molecule has 0 aliphatic heterocycles. The number of anilines is 1. The summed E-state index contributed by atoms with van der Waals surface area (Å²) in [4.78, 5) is 38.6. The lowest BCUT2D eigenvalue weighted by Crippen LogP contribution is -2.33. The molecule has 1 heterocycles. The third-order valence-corrected chi connectivity index (χ3v) is 3.42. The lowest BCUT2D eigenvalue weighted by Gasteiger charge is -2.17. The van der Waals surface area contributed by atoms with E-state index in [9.17, 15) is 14.4 Å². The van der Waals surface area contributed by atoms with Gasteiger partial charge in [0, 0.05) is 0 Å².